The van der Waals surface area contributed by atoms with Gasteiger partial charge in [0.2, 0.25) is 5.91 Å². The number of rotatable bonds is 4. The average Bonchev–Trinajstić information content (AvgIpc) is 3.28. The van der Waals surface area contributed by atoms with Crippen LogP contribution in [-0.4, -0.2) is 24.5 Å². The Hall–Kier alpha value is -2.36. The Kier molecular flexibility index (Phi) is 4.20. The quantitative estimate of drug-likeness (QED) is 0.831. The van der Waals surface area contributed by atoms with E-state index in [2.05, 4.69) is 0 Å². The maximum atomic E-state index is 13.6. The van der Waals surface area contributed by atoms with E-state index in [0.29, 0.717) is 0 Å². The molecule has 3 nitrogen and oxygen atoms in total. The van der Waals surface area contributed by atoms with Gasteiger partial charge in [-0.2, -0.15) is 0 Å². The Morgan fingerprint density at radius 1 is 1.20 bits per heavy atom. The van der Waals surface area contributed by atoms with Crippen molar-refractivity contribution in [2.45, 2.75) is 31.2 Å². The zero-order chi connectivity index (χ0) is 17.4. The first-order valence-electron chi connectivity index (χ1n) is 8.88. The lowest BCUT2D eigenvalue weighted by atomic mass is 10.0. The molecule has 0 unspecified atom stereocenters. The van der Waals surface area contributed by atoms with Gasteiger partial charge in [-0.25, -0.2) is 4.39 Å². The van der Waals surface area contributed by atoms with Gasteiger partial charge in [-0.1, -0.05) is 30.3 Å². The number of halogens is 1. The summed E-state index contributed by atoms with van der Waals surface area (Å²) in [7, 11) is 1.67. The molecule has 1 heterocycles. The van der Waals surface area contributed by atoms with Crippen molar-refractivity contribution in [1.29, 1.82) is 0 Å². The predicted molar refractivity (Wildman–Crippen MR) is 93.9 cm³/mol. The number of amides is 1. The fourth-order valence-electron chi connectivity index (χ4n) is 4.09. The van der Waals surface area contributed by atoms with Crippen molar-refractivity contribution in [3.63, 3.8) is 0 Å². The largest absolute Gasteiger partial charge is 0.496 e. The molecular formula is C21H22FNO2. The van der Waals surface area contributed by atoms with Crippen LogP contribution in [0.3, 0.4) is 0 Å². The molecule has 4 rings (SSSR count). The third kappa shape index (κ3) is 3.01. The number of para-hydroxylation sites is 1. The summed E-state index contributed by atoms with van der Waals surface area (Å²) in [4.78, 5) is 15.0. The first kappa shape index (κ1) is 16.1. The van der Waals surface area contributed by atoms with E-state index in [4.69, 9.17) is 4.74 Å². The van der Waals surface area contributed by atoms with Crippen molar-refractivity contribution in [3.8, 4) is 5.75 Å². The molecule has 2 aromatic carbocycles. The van der Waals surface area contributed by atoms with E-state index in [0.717, 1.165) is 42.7 Å². The maximum absolute atomic E-state index is 13.6. The van der Waals surface area contributed by atoms with Crippen LogP contribution in [0.4, 0.5) is 4.39 Å². The van der Waals surface area contributed by atoms with Crippen LogP contribution in [0.15, 0.2) is 48.5 Å². The van der Waals surface area contributed by atoms with Crippen LogP contribution in [0.2, 0.25) is 0 Å². The van der Waals surface area contributed by atoms with E-state index in [1.807, 2.05) is 35.2 Å². The molecule has 4 heteroatoms. The Labute approximate surface area is 147 Å². The molecule has 2 fully saturated rings. The van der Waals surface area contributed by atoms with Gasteiger partial charge >= 0.3 is 0 Å². The number of likely N-dealkylation sites (tertiary alicyclic amines) is 1. The lowest BCUT2D eigenvalue weighted by Gasteiger charge is -2.25. The van der Waals surface area contributed by atoms with Crippen LogP contribution in [-0.2, 0) is 4.79 Å². The van der Waals surface area contributed by atoms with Crippen LogP contribution in [0.1, 0.15) is 42.3 Å². The molecule has 1 aliphatic carbocycles. The van der Waals surface area contributed by atoms with Gasteiger partial charge < -0.3 is 9.64 Å². The summed E-state index contributed by atoms with van der Waals surface area (Å²) in [6, 6.07) is 14.6. The molecule has 0 aromatic heterocycles. The lowest BCUT2D eigenvalue weighted by molar-refractivity contribution is -0.133. The third-order valence-electron chi connectivity index (χ3n) is 5.42. The summed E-state index contributed by atoms with van der Waals surface area (Å²) in [6.45, 7) is 0.759. The SMILES string of the molecule is COc1ccccc1[C@@H]1C[C@H]1C(=O)N1CCC[C@@H]1c1cccc(F)c1. The second-order valence-corrected chi connectivity index (χ2v) is 6.94. The first-order valence-corrected chi connectivity index (χ1v) is 8.88. The molecule has 3 atom stereocenters. The average molecular weight is 339 g/mol. The normalized spacial score (nSPS) is 25.0. The summed E-state index contributed by atoms with van der Waals surface area (Å²) in [5.41, 5.74) is 2.02. The van der Waals surface area contributed by atoms with Crippen LogP contribution < -0.4 is 4.74 Å². The van der Waals surface area contributed by atoms with Gasteiger partial charge in [0, 0.05) is 12.5 Å². The zero-order valence-corrected chi connectivity index (χ0v) is 14.3. The number of hydrogen-bond acceptors (Lipinski definition) is 2. The maximum Gasteiger partial charge on any atom is 0.226 e. The van der Waals surface area contributed by atoms with Gasteiger partial charge in [-0.3, -0.25) is 4.79 Å². The Balaban J connectivity index is 1.52. The Morgan fingerprint density at radius 2 is 2.04 bits per heavy atom. The van der Waals surface area contributed by atoms with Gasteiger partial charge in [0.1, 0.15) is 11.6 Å². The molecule has 25 heavy (non-hydrogen) atoms. The van der Waals surface area contributed by atoms with Gasteiger partial charge in [0.15, 0.2) is 0 Å². The standard InChI is InChI=1S/C21H22FNO2/c1-25-20-10-3-2-8-16(20)17-13-18(17)21(24)23-11-5-9-19(23)14-6-4-7-15(22)12-14/h2-4,6-8,10,12,17-19H,5,9,11,13H2,1H3/t17-,18+,19+/m0/s1. The molecule has 130 valence electrons. The Morgan fingerprint density at radius 3 is 2.84 bits per heavy atom. The molecule has 0 bridgehead atoms. The zero-order valence-electron chi connectivity index (χ0n) is 14.3. The molecular weight excluding hydrogens is 317 g/mol. The van der Waals surface area contributed by atoms with E-state index in [9.17, 15) is 9.18 Å². The van der Waals surface area contributed by atoms with Crippen LogP contribution in [0.5, 0.6) is 5.75 Å². The number of carbonyl (C=O) groups is 1. The van der Waals surface area contributed by atoms with Gasteiger partial charge in [-0.15, -0.1) is 0 Å². The van der Waals surface area contributed by atoms with Crippen molar-refractivity contribution in [3.05, 3.63) is 65.5 Å². The highest BCUT2D eigenvalue weighted by Crippen LogP contribution is 2.52. The van der Waals surface area contributed by atoms with Crippen LogP contribution >= 0.6 is 0 Å². The van der Waals surface area contributed by atoms with E-state index >= 15 is 0 Å². The number of hydrogen-bond donors (Lipinski definition) is 0. The highest BCUT2D eigenvalue weighted by atomic mass is 19.1. The van der Waals surface area contributed by atoms with Crippen molar-refractivity contribution in [1.82, 2.24) is 4.90 Å². The van der Waals surface area contributed by atoms with Gasteiger partial charge in [0.25, 0.3) is 0 Å². The highest BCUT2D eigenvalue weighted by molar-refractivity contribution is 5.84. The topological polar surface area (TPSA) is 29.5 Å². The van der Waals surface area contributed by atoms with Crippen LogP contribution in [0.25, 0.3) is 0 Å². The molecule has 2 aliphatic rings. The number of methoxy groups -OCH3 is 1. The minimum atomic E-state index is -0.241. The van der Waals surface area contributed by atoms with Crippen molar-refractivity contribution in [2.24, 2.45) is 5.92 Å². The second kappa shape index (κ2) is 6.51. The minimum Gasteiger partial charge on any atom is -0.496 e. The first-order chi connectivity index (χ1) is 12.2. The molecule has 1 amide bonds. The molecule has 1 saturated carbocycles. The number of carbonyl (C=O) groups excluding carboxylic acids is 1. The van der Waals surface area contributed by atoms with Crippen molar-refractivity contribution < 1.29 is 13.9 Å². The fourth-order valence-corrected chi connectivity index (χ4v) is 4.09. The van der Waals surface area contributed by atoms with E-state index in [-0.39, 0.29) is 29.6 Å². The van der Waals surface area contributed by atoms with Crippen molar-refractivity contribution in [2.75, 3.05) is 13.7 Å². The molecule has 0 spiro atoms. The molecule has 0 N–H and O–H groups in total. The van der Waals surface area contributed by atoms with E-state index < -0.39 is 0 Å². The van der Waals surface area contributed by atoms with E-state index in [1.165, 1.54) is 6.07 Å². The summed E-state index contributed by atoms with van der Waals surface area (Å²) in [5, 5.41) is 0. The number of ether oxygens (including phenoxy) is 1. The third-order valence-corrected chi connectivity index (χ3v) is 5.42. The fraction of sp³-hybridized carbons (Fsp3) is 0.381. The van der Waals surface area contributed by atoms with Gasteiger partial charge in [0.05, 0.1) is 13.2 Å². The van der Waals surface area contributed by atoms with E-state index in [1.54, 1.807) is 19.2 Å². The minimum absolute atomic E-state index is 0.00196. The molecule has 1 aliphatic heterocycles. The highest BCUT2D eigenvalue weighted by Gasteiger charge is 2.48. The lowest BCUT2D eigenvalue weighted by Crippen LogP contribution is -2.32. The number of nitrogens with zero attached hydrogens (tertiary/aromatic N) is 1. The monoisotopic (exact) mass is 339 g/mol. The summed E-state index contributed by atoms with van der Waals surface area (Å²) in [6.07, 6.45) is 2.74. The summed E-state index contributed by atoms with van der Waals surface area (Å²) >= 11 is 0. The van der Waals surface area contributed by atoms with Gasteiger partial charge in [-0.05, 0) is 54.5 Å². The number of benzene rings is 2. The summed E-state index contributed by atoms with van der Waals surface area (Å²) < 4.78 is 19.0. The molecule has 1 saturated heterocycles. The summed E-state index contributed by atoms with van der Waals surface area (Å²) in [5.74, 6) is 1.06. The molecule has 0 radical (unpaired) electrons. The van der Waals surface area contributed by atoms with Crippen molar-refractivity contribution >= 4 is 5.91 Å². The Bertz CT molecular complexity index is 791. The smallest absolute Gasteiger partial charge is 0.226 e. The molecule has 2 aromatic rings. The second-order valence-electron chi connectivity index (χ2n) is 6.94. The predicted octanol–water partition coefficient (Wildman–Crippen LogP) is 4.30. The van der Waals surface area contributed by atoms with Crippen LogP contribution in [0, 0.1) is 11.7 Å².